The van der Waals surface area contributed by atoms with Gasteiger partial charge in [-0.1, -0.05) is 65.2 Å². The summed E-state index contributed by atoms with van der Waals surface area (Å²) in [6.45, 7) is 13.1. The van der Waals surface area contributed by atoms with E-state index in [1.54, 1.807) is 7.11 Å². The largest absolute Gasteiger partial charge is 0.350 e. The van der Waals surface area contributed by atoms with Gasteiger partial charge in [0.15, 0.2) is 0 Å². The summed E-state index contributed by atoms with van der Waals surface area (Å²) in [5, 5.41) is 0.118. The van der Waals surface area contributed by atoms with Crippen LogP contribution in [0, 0.1) is 0 Å². The van der Waals surface area contributed by atoms with E-state index >= 15 is 0 Å². The third-order valence-electron chi connectivity index (χ3n) is 4.13. The van der Waals surface area contributed by atoms with E-state index in [-0.39, 0.29) is 5.04 Å². The molecule has 0 rings (SSSR count). The molecule has 130 valence electrons. The Labute approximate surface area is 138 Å². The second kappa shape index (κ2) is 11.2. The normalized spacial score (nSPS) is 15.0. The van der Waals surface area contributed by atoms with Crippen molar-refractivity contribution in [1.29, 1.82) is 0 Å². The van der Waals surface area contributed by atoms with Crippen LogP contribution in [0.3, 0.4) is 0 Å². The summed E-state index contributed by atoms with van der Waals surface area (Å²) in [6, 6.07) is 0. The molecule has 0 spiro atoms. The van der Waals surface area contributed by atoms with Gasteiger partial charge < -0.3 is 4.74 Å². The Morgan fingerprint density at radius 2 is 1.73 bits per heavy atom. The molecule has 0 fully saturated rings. The van der Waals surface area contributed by atoms with E-state index in [1.165, 1.54) is 25.7 Å². The van der Waals surface area contributed by atoms with Crippen molar-refractivity contribution in [3.63, 3.8) is 0 Å². The molecule has 0 saturated heterocycles. The Balaban J connectivity index is 4.11. The average molecular weight is 329 g/mol. The van der Waals surface area contributed by atoms with Gasteiger partial charge in [0.05, 0.1) is 0 Å². The molecule has 0 heterocycles. The van der Waals surface area contributed by atoms with Gasteiger partial charge in [-0.2, -0.15) is 0 Å². The van der Waals surface area contributed by atoms with Crippen molar-refractivity contribution < 1.29 is 14.2 Å². The highest BCUT2D eigenvalue weighted by molar-refractivity contribution is 6.73. The van der Waals surface area contributed by atoms with E-state index in [1.807, 2.05) is 18.2 Å². The lowest BCUT2D eigenvalue weighted by atomic mass is 10.1. The van der Waals surface area contributed by atoms with E-state index in [4.69, 9.17) is 14.2 Å². The Hall–Kier alpha value is -0.423. The lowest BCUT2D eigenvalue weighted by Crippen LogP contribution is -2.41. The monoisotopic (exact) mass is 328 g/mol. The molecular weight excluding hydrogens is 292 g/mol. The molecule has 0 aromatic heterocycles. The van der Waals surface area contributed by atoms with Crippen molar-refractivity contribution >= 4 is 8.32 Å². The standard InChI is InChI=1S/C18H36O3Si/c1-8-9-10-11-12-13-14-15-16-17(19-5)20-21-22(6,7)18(2,3)4/h13-17H,8-12H2,1-7H3/b14-13-,16-15+. The minimum Gasteiger partial charge on any atom is -0.350 e. The van der Waals surface area contributed by atoms with Gasteiger partial charge in [-0.05, 0) is 37.0 Å². The second-order valence-corrected chi connectivity index (χ2v) is 11.9. The minimum atomic E-state index is -1.91. The molecule has 4 heteroatoms. The van der Waals surface area contributed by atoms with Crippen molar-refractivity contribution in [2.75, 3.05) is 7.11 Å². The van der Waals surface area contributed by atoms with Gasteiger partial charge >= 0.3 is 0 Å². The molecule has 0 bridgehead atoms. The number of allylic oxidation sites excluding steroid dienone is 3. The quantitative estimate of drug-likeness (QED) is 0.116. The van der Waals surface area contributed by atoms with Crippen molar-refractivity contribution in [1.82, 2.24) is 0 Å². The van der Waals surface area contributed by atoms with E-state index < -0.39 is 14.6 Å². The first kappa shape index (κ1) is 21.6. The summed E-state index contributed by atoms with van der Waals surface area (Å²) in [4.78, 5) is 5.46. The van der Waals surface area contributed by atoms with Crippen LogP contribution in [0.4, 0.5) is 0 Å². The maximum absolute atomic E-state index is 5.71. The Morgan fingerprint density at radius 3 is 2.27 bits per heavy atom. The average Bonchev–Trinajstić information content (AvgIpc) is 2.43. The number of rotatable bonds is 11. The van der Waals surface area contributed by atoms with Crippen LogP contribution in [-0.2, 0) is 14.2 Å². The molecule has 1 unspecified atom stereocenters. The predicted molar refractivity (Wildman–Crippen MR) is 97.2 cm³/mol. The van der Waals surface area contributed by atoms with Crippen LogP contribution >= 0.6 is 0 Å². The fourth-order valence-corrected chi connectivity index (χ4v) is 2.05. The van der Waals surface area contributed by atoms with E-state index in [9.17, 15) is 0 Å². The van der Waals surface area contributed by atoms with Gasteiger partial charge in [-0.25, -0.2) is 4.89 Å². The fourth-order valence-electron chi connectivity index (χ4n) is 1.46. The van der Waals surface area contributed by atoms with E-state index in [2.05, 4.69) is 46.9 Å². The summed E-state index contributed by atoms with van der Waals surface area (Å²) in [7, 11) is -0.288. The molecular formula is C18H36O3Si. The van der Waals surface area contributed by atoms with Crippen LogP contribution in [0.5, 0.6) is 0 Å². The van der Waals surface area contributed by atoms with Crippen molar-refractivity contribution in [3.8, 4) is 0 Å². The van der Waals surface area contributed by atoms with Gasteiger partial charge in [-0.15, -0.1) is 0 Å². The molecule has 0 aliphatic carbocycles. The van der Waals surface area contributed by atoms with E-state index in [0.717, 1.165) is 6.42 Å². The molecule has 0 amide bonds. The summed E-state index contributed by atoms with van der Waals surface area (Å²) in [5.74, 6) is 0. The predicted octanol–water partition coefficient (Wildman–Crippen LogP) is 6.00. The molecule has 0 saturated carbocycles. The minimum absolute atomic E-state index is 0.118. The third kappa shape index (κ3) is 9.56. The zero-order chi connectivity index (χ0) is 17.1. The first-order chi connectivity index (χ1) is 10.2. The van der Waals surface area contributed by atoms with Crippen LogP contribution in [0.25, 0.3) is 0 Å². The lowest BCUT2D eigenvalue weighted by Gasteiger charge is -2.34. The first-order valence-corrected chi connectivity index (χ1v) is 11.4. The molecule has 0 aliphatic heterocycles. The summed E-state index contributed by atoms with van der Waals surface area (Å²) in [5.41, 5.74) is 0. The van der Waals surface area contributed by atoms with Crippen LogP contribution in [0.2, 0.25) is 18.1 Å². The van der Waals surface area contributed by atoms with Crippen LogP contribution in [0.1, 0.15) is 59.8 Å². The highest BCUT2D eigenvalue weighted by Crippen LogP contribution is 2.36. The second-order valence-electron chi connectivity index (χ2n) is 7.21. The van der Waals surface area contributed by atoms with Crippen molar-refractivity contribution in [2.45, 2.75) is 84.2 Å². The van der Waals surface area contributed by atoms with Crippen molar-refractivity contribution in [3.05, 3.63) is 24.3 Å². The molecule has 22 heavy (non-hydrogen) atoms. The lowest BCUT2D eigenvalue weighted by molar-refractivity contribution is -0.305. The maximum atomic E-state index is 5.71. The van der Waals surface area contributed by atoms with Gasteiger partial charge in [0, 0.05) is 7.11 Å². The number of unbranched alkanes of at least 4 members (excludes halogenated alkanes) is 4. The molecule has 3 nitrogen and oxygen atoms in total. The van der Waals surface area contributed by atoms with Crippen LogP contribution in [-0.4, -0.2) is 21.7 Å². The van der Waals surface area contributed by atoms with Gasteiger partial charge in [0.1, 0.15) is 0 Å². The molecule has 1 atom stereocenters. The number of hydrogen-bond acceptors (Lipinski definition) is 3. The third-order valence-corrected chi connectivity index (χ3v) is 8.25. The maximum Gasteiger partial charge on any atom is 0.238 e. The zero-order valence-corrected chi connectivity index (χ0v) is 16.6. The summed E-state index contributed by atoms with van der Waals surface area (Å²) >= 11 is 0. The Bertz CT molecular complexity index is 330. The number of hydrogen-bond donors (Lipinski definition) is 0. The number of ether oxygens (including phenoxy) is 1. The molecule has 0 aliphatic rings. The Morgan fingerprint density at radius 1 is 1.05 bits per heavy atom. The van der Waals surface area contributed by atoms with E-state index in [0.29, 0.717) is 0 Å². The molecule has 0 aromatic carbocycles. The van der Waals surface area contributed by atoms with Crippen molar-refractivity contribution in [2.24, 2.45) is 0 Å². The summed E-state index contributed by atoms with van der Waals surface area (Å²) < 4.78 is 11.0. The molecule has 0 N–H and O–H groups in total. The topological polar surface area (TPSA) is 27.7 Å². The van der Waals surface area contributed by atoms with Gasteiger partial charge in [0.25, 0.3) is 0 Å². The fraction of sp³-hybridized carbons (Fsp3) is 0.778. The first-order valence-electron chi connectivity index (χ1n) is 8.45. The number of methoxy groups -OCH3 is 1. The summed E-state index contributed by atoms with van der Waals surface area (Å²) in [6.07, 6.45) is 13.9. The van der Waals surface area contributed by atoms with Gasteiger partial charge in [0.2, 0.25) is 14.6 Å². The van der Waals surface area contributed by atoms with Crippen LogP contribution in [0.15, 0.2) is 24.3 Å². The Kier molecular flexibility index (Phi) is 11.0. The molecule has 0 radical (unpaired) electrons. The highest BCUT2D eigenvalue weighted by Gasteiger charge is 2.39. The smallest absolute Gasteiger partial charge is 0.238 e. The highest BCUT2D eigenvalue weighted by atomic mass is 28.4. The SMILES string of the molecule is CCCCCC/C=C\C=C\C(OC)OO[Si](C)(C)C(C)(C)C. The van der Waals surface area contributed by atoms with Crippen LogP contribution < -0.4 is 0 Å². The zero-order valence-electron chi connectivity index (χ0n) is 15.6. The van der Waals surface area contributed by atoms with Gasteiger partial charge in [-0.3, -0.25) is 4.58 Å². The molecule has 0 aromatic rings.